The second-order valence-corrected chi connectivity index (χ2v) is 9.58. The van der Waals surface area contributed by atoms with Gasteiger partial charge in [0.1, 0.15) is 23.4 Å². The third-order valence-electron chi connectivity index (χ3n) is 6.82. The number of ether oxygens (including phenoxy) is 1. The normalized spacial score (nSPS) is 15.0. The number of carbonyl (C=O) groups excluding carboxylic acids is 3. The van der Waals surface area contributed by atoms with Gasteiger partial charge in [0.05, 0.1) is 28.8 Å². The summed E-state index contributed by atoms with van der Waals surface area (Å²) in [5.41, 5.74) is 7.94. The molecule has 12 heteroatoms. The van der Waals surface area contributed by atoms with Crippen LogP contribution in [0, 0.1) is 18.6 Å². The Morgan fingerprint density at radius 2 is 1.80 bits per heavy atom. The van der Waals surface area contributed by atoms with E-state index in [1.54, 1.807) is 37.3 Å². The first-order valence-corrected chi connectivity index (χ1v) is 12.5. The van der Waals surface area contributed by atoms with E-state index in [1.165, 1.54) is 42.1 Å². The number of benzene rings is 3. The van der Waals surface area contributed by atoms with Crippen LogP contribution in [0.2, 0.25) is 0 Å². The Labute approximate surface area is 231 Å². The van der Waals surface area contributed by atoms with E-state index in [0.717, 1.165) is 11.0 Å². The summed E-state index contributed by atoms with van der Waals surface area (Å²) in [5.74, 6) is -1.80. The van der Waals surface area contributed by atoms with Crippen LogP contribution >= 0.6 is 0 Å². The minimum Gasteiger partial charge on any atom is -0.454 e. The van der Waals surface area contributed by atoms with E-state index in [1.807, 2.05) is 0 Å². The number of para-hydroxylation sites is 1. The topological polar surface area (TPSA) is 135 Å². The minimum absolute atomic E-state index is 0.0692. The van der Waals surface area contributed by atoms with Crippen molar-refractivity contribution in [3.8, 4) is 17.2 Å². The molecular formula is C29H22F2N6O4. The van der Waals surface area contributed by atoms with Gasteiger partial charge >= 0.3 is 6.03 Å². The quantitative estimate of drug-likeness (QED) is 0.199. The van der Waals surface area contributed by atoms with Crippen LogP contribution in [0.3, 0.4) is 0 Å². The molecule has 1 aliphatic rings. The number of aryl methyl sites for hydroxylation is 1. The maximum atomic E-state index is 14.9. The standard InChI is InChI=1S/C29H22F2N6O4/c1-14-9-17(41-25-6-4-3-5-19(25)30)7-8-23(14)37-27(32)18(13-33-37)26(38)22-11-16-10-20(31)24(12-21(16)35-22)36-28(39)15(2)34-29(36)40/h3-13,15,35H,32H2,1-2H3,(H,34,40)/t15-/m0/s1. The zero-order valence-electron chi connectivity index (χ0n) is 21.7. The maximum Gasteiger partial charge on any atom is 0.329 e. The molecule has 5 aromatic rings. The number of imide groups is 1. The van der Waals surface area contributed by atoms with Crippen LogP contribution in [-0.2, 0) is 4.79 Å². The lowest BCUT2D eigenvalue weighted by Gasteiger charge is -2.13. The van der Waals surface area contributed by atoms with Crippen LogP contribution in [-0.4, -0.2) is 38.5 Å². The molecule has 0 radical (unpaired) electrons. The zero-order valence-corrected chi connectivity index (χ0v) is 21.7. The molecule has 1 aliphatic heterocycles. The summed E-state index contributed by atoms with van der Waals surface area (Å²) in [6.45, 7) is 3.30. The minimum atomic E-state index is -0.793. The molecule has 0 saturated carbocycles. The summed E-state index contributed by atoms with van der Waals surface area (Å²) in [5, 5.41) is 7.09. The molecule has 41 heavy (non-hydrogen) atoms. The highest BCUT2D eigenvalue weighted by Gasteiger charge is 2.38. The highest BCUT2D eigenvalue weighted by atomic mass is 19.1. The second kappa shape index (κ2) is 9.59. The van der Waals surface area contributed by atoms with E-state index >= 15 is 0 Å². The fourth-order valence-corrected chi connectivity index (χ4v) is 4.72. The number of fused-ring (bicyclic) bond motifs is 1. The molecule has 2 aromatic heterocycles. The van der Waals surface area contributed by atoms with E-state index in [2.05, 4.69) is 15.4 Å². The molecule has 4 N–H and O–H groups in total. The summed E-state index contributed by atoms with van der Waals surface area (Å²) >= 11 is 0. The number of urea groups is 1. The fraction of sp³-hybridized carbons (Fsp3) is 0.103. The van der Waals surface area contributed by atoms with E-state index in [-0.39, 0.29) is 28.5 Å². The molecule has 1 fully saturated rings. The number of carbonyl (C=O) groups is 3. The number of amides is 3. The lowest BCUT2D eigenvalue weighted by Crippen LogP contribution is -2.31. The molecule has 1 saturated heterocycles. The van der Waals surface area contributed by atoms with Gasteiger partial charge in [0.15, 0.2) is 11.6 Å². The van der Waals surface area contributed by atoms with Crippen molar-refractivity contribution >= 4 is 40.1 Å². The number of nitrogens with one attached hydrogen (secondary N) is 2. The van der Waals surface area contributed by atoms with Crippen LogP contribution in [0.1, 0.15) is 28.5 Å². The summed E-state index contributed by atoms with van der Waals surface area (Å²) in [7, 11) is 0. The Bertz CT molecular complexity index is 1900. The molecule has 6 rings (SSSR count). The van der Waals surface area contributed by atoms with E-state index in [4.69, 9.17) is 10.5 Å². The molecule has 0 aliphatic carbocycles. The van der Waals surface area contributed by atoms with E-state index < -0.39 is 35.4 Å². The average molecular weight is 557 g/mol. The zero-order chi connectivity index (χ0) is 29.0. The summed E-state index contributed by atoms with van der Waals surface area (Å²) < 4.78 is 35.9. The van der Waals surface area contributed by atoms with Crippen molar-refractivity contribution in [2.24, 2.45) is 0 Å². The van der Waals surface area contributed by atoms with Crippen molar-refractivity contribution in [1.29, 1.82) is 0 Å². The Morgan fingerprint density at radius 1 is 1.02 bits per heavy atom. The smallest absolute Gasteiger partial charge is 0.329 e. The molecule has 10 nitrogen and oxygen atoms in total. The average Bonchev–Trinajstić information content (AvgIpc) is 3.59. The van der Waals surface area contributed by atoms with E-state index in [9.17, 15) is 23.2 Å². The molecule has 0 bridgehead atoms. The number of hydrogen-bond donors (Lipinski definition) is 3. The van der Waals surface area contributed by atoms with Gasteiger partial charge in [-0.05, 0) is 67.9 Å². The predicted molar refractivity (Wildman–Crippen MR) is 146 cm³/mol. The van der Waals surface area contributed by atoms with Crippen molar-refractivity contribution in [2.75, 3.05) is 10.6 Å². The van der Waals surface area contributed by atoms with Gasteiger partial charge in [-0.25, -0.2) is 23.2 Å². The molecule has 0 unspecified atom stereocenters. The highest BCUT2D eigenvalue weighted by molar-refractivity contribution is 6.22. The molecule has 3 aromatic carbocycles. The fourth-order valence-electron chi connectivity index (χ4n) is 4.72. The van der Waals surface area contributed by atoms with Crippen molar-refractivity contribution in [2.45, 2.75) is 19.9 Å². The van der Waals surface area contributed by atoms with Crippen molar-refractivity contribution < 1.29 is 27.9 Å². The number of hydrogen-bond acceptors (Lipinski definition) is 6. The van der Waals surface area contributed by atoms with Crippen LogP contribution < -0.4 is 20.7 Å². The van der Waals surface area contributed by atoms with Crippen LogP contribution in [0.5, 0.6) is 11.5 Å². The number of H-pyrrole nitrogens is 1. The number of halogens is 2. The number of nitrogens with zero attached hydrogens (tertiary/aromatic N) is 3. The summed E-state index contributed by atoms with van der Waals surface area (Å²) in [6, 6.07) is 13.5. The highest BCUT2D eigenvalue weighted by Crippen LogP contribution is 2.31. The molecule has 3 amide bonds. The Morgan fingerprint density at radius 3 is 2.51 bits per heavy atom. The third kappa shape index (κ3) is 4.35. The van der Waals surface area contributed by atoms with Gasteiger partial charge in [-0.3, -0.25) is 9.59 Å². The maximum absolute atomic E-state index is 14.9. The number of aromatic nitrogens is 3. The van der Waals surface area contributed by atoms with Gasteiger partial charge in [0.25, 0.3) is 5.91 Å². The van der Waals surface area contributed by atoms with Crippen LogP contribution in [0.4, 0.5) is 25.1 Å². The van der Waals surface area contributed by atoms with Gasteiger partial charge in [-0.2, -0.15) is 5.10 Å². The Hall–Kier alpha value is -5.52. The third-order valence-corrected chi connectivity index (χ3v) is 6.82. The number of ketones is 1. The molecule has 206 valence electrons. The van der Waals surface area contributed by atoms with Crippen molar-refractivity contribution in [3.63, 3.8) is 0 Å². The summed E-state index contributed by atoms with van der Waals surface area (Å²) in [6.07, 6.45) is 1.33. The van der Waals surface area contributed by atoms with Crippen molar-refractivity contribution in [3.05, 3.63) is 95.3 Å². The lowest BCUT2D eigenvalue weighted by atomic mass is 10.1. The van der Waals surface area contributed by atoms with Crippen LogP contribution in [0.25, 0.3) is 16.6 Å². The van der Waals surface area contributed by atoms with Gasteiger partial charge < -0.3 is 20.8 Å². The number of anilines is 2. The Kier molecular flexibility index (Phi) is 6.02. The number of nitrogen functional groups attached to an aromatic ring is 1. The Balaban J connectivity index is 1.28. The van der Waals surface area contributed by atoms with Crippen molar-refractivity contribution in [1.82, 2.24) is 20.1 Å². The summed E-state index contributed by atoms with van der Waals surface area (Å²) in [4.78, 5) is 41.6. The van der Waals surface area contributed by atoms with Crippen LogP contribution in [0.15, 0.2) is 66.9 Å². The molecular weight excluding hydrogens is 534 g/mol. The van der Waals surface area contributed by atoms with Gasteiger partial charge in [-0.1, -0.05) is 12.1 Å². The second-order valence-electron chi connectivity index (χ2n) is 9.58. The van der Waals surface area contributed by atoms with Gasteiger partial charge in [0.2, 0.25) is 5.78 Å². The number of nitrogens with two attached hydrogens (primary N) is 1. The first-order valence-electron chi connectivity index (χ1n) is 12.5. The predicted octanol–water partition coefficient (Wildman–Crippen LogP) is 4.99. The number of aromatic amines is 1. The first kappa shape index (κ1) is 25.7. The first-order chi connectivity index (χ1) is 19.6. The SMILES string of the molecule is Cc1cc(Oc2ccccc2F)ccc1-n1ncc(C(=O)c2cc3cc(F)c(N4C(=O)N[C@@H](C)C4=O)cc3[nH]2)c1N. The van der Waals surface area contributed by atoms with Gasteiger partial charge in [0, 0.05) is 10.9 Å². The molecule has 0 spiro atoms. The monoisotopic (exact) mass is 556 g/mol. The largest absolute Gasteiger partial charge is 0.454 e. The van der Waals surface area contributed by atoms with Gasteiger partial charge in [-0.15, -0.1) is 0 Å². The molecule has 1 atom stereocenters. The molecule has 3 heterocycles. The lowest BCUT2D eigenvalue weighted by molar-refractivity contribution is -0.118. The van der Waals surface area contributed by atoms with E-state index in [0.29, 0.717) is 27.9 Å². The number of rotatable bonds is 6.